The first-order valence-electron chi connectivity index (χ1n) is 9.20. The third kappa shape index (κ3) is 3.27. The monoisotopic (exact) mass is 386 g/mol. The topological polar surface area (TPSA) is 75.7 Å². The van der Waals surface area contributed by atoms with Gasteiger partial charge in [0.1, 0.15) is 5.75 Å². The summed E-state index contributed by atoms with van der Waals surface area (Å²) in [6, 6.07) is 10.4. The fourth-order valence-electron chi connectivity index (χ4n) is 3.81. The molecular formula is C20H22N2O4S. The molecule has 27 heavy (non-hydrogen) atoms. The molecule has 4 rings (SSSR count). The van der Waals surface area contributed by atoms with E-state index in [1.807, 2.05) is 11.8 Å². The van der Waals surface area contributed by atoms with E-state index in [2.05, 4.69) is 4.72 Å². The lowest BCUT2D eigenvalue weighted by Gasteiger charge is -2.35. The highest BCUT2D eigenvalue weighted by atomic mass is 32.2. The molecule has 6 nitrogen and oxygen atoms in total. The second kappa shape index (κ2) is 6.88. The minimum atomic E-state index is -3.76. The lowest BCUT2D eigenvalue weighted by Crippen LogP contribution is -2.39. The molecule has 2 heterocycles. The van der Waals surface area contributed by atoms with Gasteiger partial charge in [-0.2, -0.15) is 0 Å². The first kappa shape index (κ1) is 17.9. The fraction of sp³-hybridized carbons (Fsp3) is 0.350. The SMILES string of the molecule is CCOc1ccccc1NS(=O)(=O)c1cc2c3c(c1)CCC(=O)N3CCC2. The number of amides is 1. The van der Waals surface area contributed by atoms with E-state index < -0.39 is 10.0 Å². The zero-order chi connectivity index (χ0) is 19.0. The van der Waals surface area contributed by atoms with Crippen molar-refractivity contribution in [3.8, 4) is 5.75 Å². The van der Waals surface area contributed by atoms with Gasteiger partial charge in [0.05, 0.1) is 22.9 Å². The maximum atomic E-state index is 13.0. The Bertz CT molecular complexity index is 984. The zero-order valence-corrected chi connectivity index (χ0v) is 16.0. The molecule has 0 radical (unpaired) electrons. The molecule has 0 aromatic heterocycles. The molecule has 7 heteroatoms. The molecule has 142 valence electrons. The minimum Gasteiger partial charge on any atom is -0.492 e. The van der Waals surface area contributed by atoms with Gasteiger partial charge >= 0.3 is 0 Å². The summed E-state index contributed by atoms with van der Waals surface area (Å²) in [5.41, 5.74) is 3.21. The molecule has 0 bridgehead atoms. The van der Waals surface area contributed by atoms with Crippen molar-refractivity contribution in [2.45, 2.75) is 37.5 Å². The number of nitrogens with one attached hydrogen (secondary N) is 1. The Morgan fingerprint density at radius 2 is 1.85 bits per heavy atom. The van der Waals surface area contributed by atoms with E-state index in [9.17, 15) is 13.2 Å². The second-order valence-corrected chi connectivity index (χ2v) is 8.46. The number of para-hydroxylation sites is 2. The number of aryl methyl sites for hydroxylation is 2. The van der Waals surface area contributed by atoms with Crippen LogP contribution in [0.15, 0.2) is 41.3 Å². The lowest BCUT2D eigenvalue weighted by molar-refractivity contribution is -0.119. The fourth-order valence-corrected chi connectivity index (χ4v) is 4.98. The van der Waals surface area contributed by atoms with Gasteiger partial charge < -0.3 is 9.64 Å². The van der Waals surface area contributed by atoms with Crippen molar-refractivity contribution in [2.24, 2.45) is 0 Å². The lowest BCUT2D eigenvalue weighted by atomic mass is 9.92. The van der Waals surface area contributed by atoms with Crippen LogP contribution in [0.4, 0.5) is 11.4 Å². The van der Waals surface area contributed by atoms with Crippen LogP contribution < -0.4 is 14.4 Å². The first-order valence-corrected chi connectivity index (χ1v) is 10.7. The predicted molar refractivity (Wildman–Crippen MR) is 104 cm³/mol. The molecule has 0 atom stereocenters. The van der Waals surface area contributed by atoms with Crippen LogP contribution in [-0.4, -0.2) is 27.5 Å². The van der Waals surface area contributed by atoms with E-state index in [0.29, 0.717) is 37.4 Å². The van der Waals surface area contributed by atoms with Gasteiger partial charge in [-0.1, -0.05) is 12.1 Å². The molecule has 2 aromatic carbocycles. The summed E-state index contributed by atoms with van der Waals surface area (Å²) in [5, 5.41) is 0. The summed E-state index contributed by atoms with van der Waals surface area (Å²) in [6.45, 7) is 3.02. The van der Waals surface area contributed by atoms with Crippen LogP contribution in [0.2, 0.25) is 0 Å². The molecule has 2 aliphatic rings. The molecule has 0 aliphatic carbocycles. The number of carbonyl (C=O) groups is 1. The summed E-state index contributed by atoms with van der Waals surface area (Å²) in [6.07, 6.45) is 2.64. The van der Waals surface area contributed by atoms with Crippen LogP contribution in [0.25, 0.3) is 0 Å². The second-order valence-electron chi connectivity index (χ2n) is 6.77. The quantitative estimate of drug-likeness (QED) is 0.857. The Labute approximate surface area is 159 Å². The van der Waals surface area contributed by atoms with Crippen molar-refractivity contribution >= 4 is 27.3 Å². The Hall–Kier alpha value is -2.54. The van der Waals surface area contributed by atoms with Gasteiger partial charge in [-0.15, -0.1) is 0 Å². The van der Waals surface area contributed by atoms with Crippen LogP contribution >= 0.6 is 0 Å². The summed E-state index contributed by atoms with van der Waals surface area (Å²) in [4.78, 5) is 14.2. The molecule has 0 unspecified atom stereocenters. The third-order valence-corrected chi connectivity index (χ3v) is 6.33. The number of anilines is 2. The number of rotatable bonds is 5. The number of nitrogens with zero attached hydrogens (tertiary/aromatic N) is 1. The van der Waals surface area contributed by atoms with Gasteiger partial charge in [-0.25, -0.2) is 8.42 Å². The summed E-state index contributed by atoms with van der Waals surface area (Å²) >= 11 is 0. The van der Waals surface area contributed by atoms with Gasteiger partial charge in [0.2, 0.25) is 5.91 Å². The highest BCUT2D eigenvalue weighted by Crippen LogP contribution is 2.38. The highest BCUT2D eigenvalue weighted by molar-refractivity contribution is 7.92. The molecule has 2 aromatic rings. The van der Waals surface area contributed by atoms with Gasteiger partial charge in [0.25, 0.3) is 10.0 Å². The van der Waals surface area contributed by atoms with E-state index in [4.69, 9.17) is 4.74 Å². The standard InChI is InChI=1S/C20H22N2O4S/c1-2-26-18-8-4-3-7-17(18)21-27(24,25)16-12-14-6-5-11-22-19(23)10-9-15(13-16)20(14)22/h3-4,7-8,12-13,21H,2,5-6,9-11H2,1H3. The molecule has 1 amide bonds. The maximum absolute atomic E-state index is 13.0. The molecule has 0 fully saturated rings. The Balaban J connectivity index is 1.73. The highest BCUT2D eigenvalue weighted by Gasteiger charge is 2.31. The predicted octanol–water partition coefficient (Wildman–Crippen LogP) is 3.11. The van der Waals surface area contributed by atoms with Crippen LogP contribution in [0.1, 0.15) is 30.9 Å². The molecule has 0 spiro atoms. The molecule has 0 saturated heterocycles. The first-order chi connectivity index (χ1) is 13.0. The van der Waals surface area contributed by atoms with Crippen molar-refractivity contribution in [3.63, 3.8) is 0 Å². The largest absolute Gasteiger partial charge is 0.492 e. The van der Waals surface area contributed by atoms with Crippen molar-refractivity contribution in [1.29, 1.82) is 0 Å². The van der Waals surface area contributed by atoms with Crippen LogP contribution in [0, 0.1) is 0 Å². The van der Waals surface area contributed by atoms with Gasteiger partial charge in [-0.3, -0.25) is 9.52 Å². The average Bonchev–Trinajstić information content (AvgIpc) is 2.66. The molecule has 0 saturated carbocycles. The van der Waals surface area contributed by atoms with Gasteiger partial charge in [0, 0.05) is 13.0 Å². The van der Waals surface area contributed by atoms with Crippen molar-refractivity contribution in [2.75, 3.05) is 22.8 Å². The van der Waals surface area contributed by atoms with E-state index in [1.165, 1.54) is 0 Å². The third-order valence-electron chi connectivity index (χ3n) is 4.99. The number of benzene rings is 2. The van der Waals surface area contributed by atoms with Crippen molar-refractivity contribution in [1.82, 2.24) is 0 Å². The van der Waals surface area contributed by atoms with E-state index in [0.717, 1.165) is 29.7 Å². The normalized spacial score (nSPS) is 16.0. The summed E-state index contributed by atoms with van der Waals surface area (Å²) in [7, 11) is -3.76. The Kier molecular flexibility index (Phi) is 4.55. The smallest absolute Gasteiger partial charge is 0.262 e. The van der Waals surface area contributed by atoms with Crippen LogP contribution in [0.5, 0.6) is 5.75 Å². The van der Waals surface area contributed by atoms with Crippen molar-refractivity contribution < 1.29 is 17.9 Å². The number of hydrogen-bond donors (Lipinski definition) is 1. The maximum Gasteiger partial charge on any atom is 0.262 e. The molecular weight excluding hydrogens is 364 g/mol. The summed E-state index contributed by atoms with van der Waals surface area (Å²) < 4.78 is 34.2. The molecule has 1 N–H and O–H groups in total. The van der Waals surface area contributed by atoms with Crippen molar-refractivity contribution in [3.05, 3.63) is 47.5 Å². The van der Waals surface area contributed by atoms with E-state index in [1.54, 1.807) is 36.4 Å². The van der Waals surface area contributed by atoms with Crippen LogP contribution in [-0.2, 0) is 27.7 Å². The number of carbonyl (C=O) groups excluding carboxylic acids is 1. The van der Waals surface area contributed by atoms with E-state index >= 15 is 0 Å². The minimum absolute atomic E-state index is 0.128. The Morgan fingerprint density at radius 3 is 2.63 bits per heavy atom. The van der Waals surface area contributed by atoms with Gasteiger partial charge in [-0.05, 0) is 61.6 Å². The summed E-state index contributed by atoms with van der Waals surface area (Å²) in [5.74, 6) is 0.627. The number of ether oxygens (including phenoxy) is 1. The number of sulfonamides is 1. The Morgan fingerprint density at radius 1 is 1.11 bits per heavy atom. The van der Waals surface area contributed by atoms with Gasteiger partial charge in [0.15, 0.2) is 0 Å². The zero-order valence-electron chi connectivity index (χ0n) is 15.2. The van der Waals surface area contributed by atoms with E-state index in [-0.39, 0.29) is 10.8 Å². The van der Waals surface area contributed by atoms with Crippen LogP contribution in [0.3, 0.4) is 0 Å². The average molecular weight is 386 g/mol. The number of hydrogen-bond acceptors (Lipinski definition) is 4. The molecule has 2 aliphatic heterocycles.